The number of hydrogen-bond acceptors (Lipinski definition) is 2. The highest BCUT2D eigenvalue weighted by Crippen LogP contribution is 2.16. The Hall–Kier alpha value is 0.310. The van der Waals surface area contributed by atoms with Crippen LogP contribution >= 0.6 is 12.6 Å². The number of rotatable bonds is 0. The van der Waals surface area contributed by atoms with Crippen LogP contribution in [0.4, 0.5) is 0 Å². The summed E-state index contributed by atoms with van der Waals surface area (Å²) in [6.45, 7) is 1.23. The van der Waals surface area contributed by atoms with Gasteiger partial charge in [0.05, 0.1) is 5.37 Å². The first-order valence-electron chi connectivity index (χ1n) is 3.19. The molecule has 0 spiro atoms. The van der Waals surface area contributed by atoms with Crippen LogP contribution < -0.4 is 0 Å². The van der Waals surface area contributed by atoms with E-state index in [9.17, 15) is 0 Å². The molecule has 2 heteroatoms. The maximum Gasteiger partial charge on any atom is 0.0524 e. The molecule has 8 heavy (non-hydrogen) atoms. The number of piperidine rings is 1. The molecule has 1 rings (SSSR count). The third-order valence-corrected chi connectivity index (χ3v) is 2.38. The molecular formula is C6H13NS. The third kappa shape index (κ3) is 1.39. The summed E-state index contributed by atoms with van der Waals surface area (Å²) in [6.07, 6.45) is 3.98. The molecule has 0 aromatic carbocycles. The summed E-state index contributed by atoms with van der Waals surface area (Å²) >= 11 is 4.38. The first-order valence-corrected chi connectivity index (χ1v) is 3.70. The van der Waals surface area contributed by atoms with Crippen LogP contribution in [0.2, 0.25) is 0 Å². The van der Waals surface area contributed by atoms with Gasteiger partial charge in [0.25, 0.3) is 0 Å². The zero-order valence-corrected chi connectivity index (χ0v) is 6.19. The van der Waals surface area contributed by atoms with E-state index in [2.05, 4.69) is 24.6 Å². The highest BCUT2D eigenvalue weighted by Gasteiger charge is 2.13. The summed E-state index contributed by atoms with van der Waals surface area (Å²) in [5.41, 5.74) is 0. The Balaban J connectivity index is 2.28. The van der Waals surface area contributed by atoms with Gasteiger partial charge in [-0.3, -0.25) is 4.90 Å². The van der Waals surface area contributed by atoms with E-state index in [-0.39, 0.29) is 0 Å². The number of thiol groups is 1. The molecule has 0 aromatic heterocycles. The van der Waals surface area contributed by atoms with Crippen molar-refractivity contribution in [2.45, 2.75) is 24.6 Å². The molecule has 0 aromatic rings. The SMILES string of the molecule is CN1CCCCC1S. The zero-order chi connectivity index (χ0) is 5.98. The molecule has 0 bridgehead atoms. The monoisotopic (exact) mass is 131 g/mol. The van der Waals surface area contributed by atoms with E-state index in [1.807, 2.05) is 0 Å². The molecule has 1 unspecified atom stereocenters. The van der Waals surface area contributed by atoms with Crippen molar-refractivity contribution in [3.63, 3.8) is 0 Å². The minimum Gasteiger partial charge on any atom is -0.295 e. The van der Waals surface area contributed by atoms with E-state index in [0.717, 1.165) is 0 Å². The van der Waals surface area contributed by atoms with E-state index in [1.54, 1.807) is 0 Å². The van der Waals surface area contributed by atoms with Crippen molar-refractivity contribution in [3.05, 3.63) is 0 Å². The summed E-state index contributed by atoms with van der Waals surface area (Å²) in [4.78, 5) is 2.30. The Morgan fingerprint density at radius 1 is 1.50 bits per heavy atom. The predicted octanol–water partition coefficient (Wildman–Crippen LogP) is 1.36. The maximum atomic E-state index is 4.38. The fourth-order valence-electron chi connectivity index (χ4n) is 1.06. The average molecular weight is 131 g/mol. The normalized spacial score (nSPS) is 33.0. The lowest BCUT2D eigenvalue weighted by Gasteiger charge is -2.28. The van der Waals surface area contributed by atoms with Crippen molar-refractivity contribution in [1.29, 1.82) is 0 Å². The Kier molecular flexibility index (Phi) is 2.20. The molecule has 1 saturated heterocycles. The van der Waals surface area contributed by atoms with E-state index in [4.69, 9.17) is 0 Å². The lowest BCUT2D eigenvalue weighted by molar-refractivity contribution is 0.253. The van der Waals surface area contributed by atoms with Gasteiger partial charge < -0.3 is 0 Å². The molecule has 0 aliphatic carbocycles. The summed E-state index contributed by atoms with van der Waals surface area (Å²) in [7, 11) is 2.14. The Bertz CT molecular complexity index is 64.9. The summed E-state index contributed by atoms with van der Waals surface area (Å²) in [5, 5.41) is 0.531. The van der Waals surface area contributed by atoms with Crippen LogP contribution in [-0.2, 0) is 0 Å². The molecule has 0 amide bonds. The highest BCUT2D eigenvalue weighted by molar-refractivity contribution is 7.80. The molecule has 1 aliphatic heterocycles. The van der Waals surface area contributed by atoms with Gasteiger partial charge in [0.1, 0.15) is 0 Å². The Morgan fingerprint density at radius 3 is 2.62 bits per heavy atom. The van der Waals surface area contributed by atoms with Crippen LogP contribution in [0.15, 0.2) is 0 Å². The second kappa shape index (κ2) is 2.74. The van der Waals surface area contributed by atoms with Crippen LogP contribution in [0.3, 0.4) is 0 Å². The van der Waals surface area contributed by atoms with Crippen LogP contribution in [0.1, 0.15) is 19.3 Å². The molecule has 0 radical (unpaired) electrons. The fraction of sp³-hybridized carbons (Fsp3) is 1.00. The van der Waals surface area contributed by atoms with Gasteiger partial charge in [-0.2, -0.15) is 12.6 Å². The molecule has 1 aliphatic rings. The number of nitrogens with zero attached hydrogens (tertiary/aromatic N) is 1. The first kappa shape index (κ1) is 6.43. The quantitative estimate of drug-likeness (QED) is 0.486. The summed E-state index contributed by atoms with van der Waals surface area (Å²) in [6, 6.07) is 0. The average Bonchev–Trinajstić information content (AvgIpc) is 1.77. The van der Waals surface area contributed by atoms with E-state index in [1.165, 1.54) is 25.8 Å². The van der Waals surface area contributed by atoms with E-state index >= 15 is 0 Å². The topological polar surface area (TPSA) is 3.24 Å². The summed E-state index contributed by atoms with van der Waals surface area (Å²) < 4.78 is 0. The van der Waals surface area contributed by atoms with Crippen LogP contribution in [0.5, 0.6) is 0 Å². The van der Waals surface area contributed by atoms with Crippen LogP contribution in [0.25, 0.3) is 0 Å². The second-order valence-corrected chi connectivity index (χ2v) is 3.05. The predicted molar refractivity (Wildman–Crippen MR) is 39.3 cm³/mol. The number of likely N-dealkylation sites (tertiary alicyclic amines) is 1. The lowest BCUT2D eigenvalue weighted by atomic mass is 10.1. The molecule has 1 fully saturated rings. The fourth-order valence-corrected chi connectivity index (χ4v) is 1.36. The minimum absolute atomic E-state index is 0.531. The molecule has 48 valence electrons. The highest BCUT2D eigenvalue weighted by atomic mass is 32.1. The zero-order valence-electron chi connectivity index (χ0n) is 5.30. The van der Waals surface area contributed by atoms with Crippen molar-refractivity contribution in [3.8, 4) is 0 Å². The lowest BCUT2D eigenvalue weighted by Crippen LogP contribution is -2.31. The van der Waals surface area contributed by atoms with Crippen LogP contribution in [-0.4, -0.2) is 23.9 Å². The minimum atomic E-state index is 0.531. The smallest absolute Gasteiger partial charge is 0.0524 e. The van der Waals surface area contributed by atoms with Crippen molar-refractivity contribution < 1.29 is 0 Å². The van der Waals surface area contributed by atoms with Crippen LogP contribution in [0, 0.1) is 0 Å². The van der Waals surface area contributed by atoms with Gasteiger partial charge in [0.15, 0.2) is 0 Å². The van der Waals surface area contributed by atoms with Gasteiger partial charge in [0, 0.05) is 0 Å². The molecule has 1 heterocycles. The van der Waals surface area contributed by atoms with Gasteiger partial charge >= 0.3 is 0 Å². The Labute approximate surface area is 56.5 Å². The van der Waals surface area contributed by atoms with Crippen molar-refractivity contribution in [1.82, 2.24) is 4.90 Å². The van der Waals surface area contributed by atoms with Gasteiger partial charge in [-0.15, -0.1) is 0 Å². The summed E-state index contributed by atoms with van der Waals surface area (Å²) in [5.74, 6) is 0. The van der Waals surface area contributed by atoms with E-state index in [0.29, 0.717) is 5.37 Å². The Morgan fingerprint density at radius 2 is 2.25 bits per heavy atom. The second-order valence-electron chi connectivity index (χ2n) is 2.46. The first-order chi connectivity index (χ1) is 3.80. The van der Waals surface area contributed by atoms with E-state index < -0.39 is 0 Å². The van der Waals surface area contributed by atoms with Gasteiger partial charge in [-0.25, -0.2) is 0 Å². The largest absolute Gasteiger partial charge is 0.295 e. The third-order valence-electron chi connectivity index (χ3n) is 1.73. The van der Waals surface area contributed by atoms with Gasteiger partial charge in [0.2, 0.25) is 0 Å². The molecular weight excluding hydrogens is 118 g/mol. The standard InChI is InChI=1S/C6H13NS/c1-7-5-3-2-4-6(7)8/h6,8H,2-5H2,1H3. The van der Waals surface area contributed by atoms with Crippen molar-refractivity contribution in [2.75, 3.05) is 13.6 Å². The molecule has 1 atom stereocenters. The number of hydrogen-bond donors (Lipinski definition) is 1. The van der Waals surface area contributed by atoms with Gasteiger partial charge in [-0.1, -0.05) is 0 Å². The molecule has 1 nitrogen and oxygen atoms in total. The van der Waals surface area contributed by atoms with Crippen molar-refractivity contribution in [2.24, 2.45) is 0 Å². The maximum absolute atomic E-state index is 4.38. The molecule has 0 saturated carbocycles. The van der Waals surface area contributed by atoms with Crippen molar-refractivity contribution >= 4 is 12.6 Å². The van der Waals surface area contributed by atoms with Gasteiger partial charge in [-0.05, 0) is 32.9 Å². The molecule has 0 N–H and O–H groups in total.